The molecule has 0 N–H and O–H groups in total. The Kier molecular flexibility index (Phi) is 3.83. The number of allylic oxidation sites excluding steroid dienone is 1. The second kappa shape index (κ2) is 6.03. The van der Waals surface area contributed by atoms with Gasteiger partial charge in [-0.25, -0.2) is 0 Å². The maximum atomic E-state index is 12.7. The van der Waals surface area contributed by atoms with Gasteiger partial charge in [-0.15, -0.1) is 0 Å². The van der Waals surface area contributed by atoms with E-state index in [4.69, 9.17) is 0 Å². The minimum Gasteiger partial charge on any atom is -0.345 e. The van der Waals surface area contributed by atoms with Gasteiger partial charge >= 0.3 is 0 Å². The molecule has 2 aromatic rings. The van der Waals surface area contributed by atoms with Crippen LogP contribution in [0, 0.1) is 5.92 Å². The molecule has 4 heteroatoms. The average Bonchev–Trinajstić information content (AvgIpc) is 3.29. The molecule has 4 nitrogen and oxygen atoms in total. The smallest absolute Gasteiger partial charge is 0.254 e. The van der Waals surface area contributed by atoms with E-state index in [1.807, 2.05) is 47.2 Å². The van der Waals surface area contributed by atoms with Crippen LogP contribution in [0.15, 0.2) is 41.3 Å². The summed E-state index contributed by atoms with van der Waals surface area (Å²) in [5.41, 5.74) is 4.71. The Bertz CT molecular complexity index is 933. The Balaban J connectivity index is 1.83. The molecule has 4 rings (SSSR count). The van der Waals surface area contributed by atoms with Crippen molar-refractivity contribution >= 4 is 12.0 Å². The van der Waals surface area contributed by atoms with Crippen LogP contribution >= 0.6 is 0 Å². The molecule has 0 saturated heterocycles. The van der Waals surface area contributed by atoms with E-state index in [9.17, 15) is 9.59 Å². The fourth-order valence-corrected chi connectivity index (χ4v) is 3.44. The van der Waals surface area contributed by atoms with Gasteiger partial charge < -0.3 is 9.47 Å². The molecule has 1 fully saturated rings. The number of hydrogen-bond donors (Lipinski definition) is 0. The van der Waals surface area contributed by atoms with Gasteiger partial charge in [0.15, 0.2) is 0 Å². The second-order valence-corrected chi connectivity index (χ2v) is 7.22. The summed E-state index contributed by atoms with van der Waals surface area (Å²) in [5.74, 6) is 0.625. The third kappa shape index (κ3) is 2.93. The van der Waals surface area contributed by atoms with Crippen LogP contribution in [0.2, 0.25) is 0 Å². The fraction of sp³-hybridized carbons (Fsp3) is 0.333. The van der Waals surface area contributed by atoms with Gasteiger partial charge in [0.2, 0.25) is 0 Å². The maximum Gasteiger partial charge on any atom is 0.254 e. The van der Waals surface area contributed by atoms with Crippen LogP contribution in [0.25, 0.3) is 17.2 Å². The summed E-state index contributed by atoms with van der Waals surface area (Å²) in [7, 11) is 3.51. The van der Waals surface area contributed by atoms with Crippen molar-refractivity contribution in [2.24, 2.45) is 5.92 Å². The first-order chi connectivity index (χ1) is 12.0. The molecular weight excluding hydrogens is 312 g/mol. The lowest BCUT2D eigenvalue weighted by Crippen LogP contribution is -2.25. The van der Waals surface area contributed by atoms with E-state index in [1.54, 1.807) is 19.0 Å². The van der Waals surface area contributed by atoms with Crippen molar-refractivity contribution in [2.45, 2.75) is 25.8 Å². The number of hydrogen-bond acceptors (Lipinski definition) is 2. The highest BCUT2D eigenvalue weighted by Crippen LogP contribution is 2.33. The Morgan fingerprint density at radius 3 is 2.80 bits per heavy atom. The van der Waals surface area contributed by atoms with E-state index in [2.05, 4.69) is 0 Å². The van der Waals surface area contributed by atoms with E-state index in [-0.39, 0.29) is 11.5 Å². The fourth-order valence-electron chi connectivity index (χ4n) is 3.44. The molecule has 128 valence electrons. The van der Waals surface area contributed by atoms with Crippen LogP contribution in [0.4, 0.5) is 0 Å². The molecule has 1 aromatic carbocycles. The molecule has 1 saturated carbocycles. The SMILES string of the molecule is CN(C)C(=O)c1cccc(-c2cn(CC3CC3)c(=O)c3c2C=CC3)c1. The minimum atomic E-state index is -0.0136. The van der Waals surface area contributed by atoms with Crippen LogP contribution in [0.3, 0.4) is 0 Å². The molecule has 0 aliphatic heterocycles. The molecular formula is C21H22N2O2. The molecule has 0 unspecified atom stereocenters. The van der Waals surface area contributed by atoms with E-state index in [0.29, 0.717) is 17.9 Å². The summed E-state index contributed by atoms with van der Waals surface area (Å²) in [4.78, 5) is 26.6. The van der Waals surface area contributed by atoms with Gasteiger partial charge in [0.25, 0.3) is 11.5 Å². The summed E-state index contributed by atoms with van der Waals surface area (Å²) < 4.78 is 1.87. The van der Waals surface area contributed by atoms with Crippen molar-refractivity contribution in [1.82, 2.24) is 9.47 Å². The van der Waals surface area contributed by atoms with Crippen LogP contribution in [0.5, 0.6) is 0 Å². The molecule has 2 aliphatic carbocycles. The number of amides is 1. The van der Waals surface area contributed by atoms with E-state index >= 15 is 0 Å². The zero-order chi connectivity index (χ0) is 17.6. The lowest BCUT2D eigenvalue weighted by Gasteiger charge is -2.15. The highest BCUT2D eigenvalue weighted by atomic mass is 16.2. The summed E-state index contributed by atoms with van der Waals surface area (Å²) in [6, 6.07) is 7.69. The molecule has 0 radical (unpaired) electrons. The second-order valence-electron chi connectivity index (χ2n) is 7.22. The van der Waals surface area contributed by atoms with Crippen LogP contribution in [-0.2, 0) is 13.0 Å². The lowest BCUT2D eigenvalue weighted by molar-refractivity contribution is 0.0827. The first kappa shape index (κ1) is 15.9. The molecule has 0 atom stereocenters. The van der Waals surface area contributed by atoms with Gasteiger partial charge in [0, 0.05) is 43.5 Å². The Morgan fingerprint density at radius 2 is 2.08 bits per heavy atom. The molecule has 2 aliphatic rings. The topological polar surface area (TPSA) is 42.3 Å². The lowest BCUT2D eigenvalue weighted by atomic mass is 9.97. The Hall–Kier alpha value is -2.62. The zero-order valence-corrected chi connectivity index (χ0v) is 14.7. The van der Waals surface area contributed by atoms with Crippen molar-refractivity contribution < 1.29 is 4.79 Å². The number of carbonyl (C=O) groups is 1. The third-order valence-electron chi connectivity index (χ3n) is 5.00. The van der Waals surface area contributed by atoms with Crippen LogP contribution in [0.1, 0.15) is 34.3 Å². The monoisotopic (exact) mass is 334 g/mol. The molecule has 0 spiro atoms. The number of fused-ring (bicyclic) bond motifs is 1. The Labute approximate surface area is 147 Å². The first-order valence-corrected chi connectivity index (χ1v) is 8.79. The minimum absolute atomic E-state index is 0.0136. The van der Waals surface area contributed by atoms with Crippen molar-refractivity contribution in [3.8, 4) is 11.1 Å². The zero-order valence-electron chi connectivity index (χ0n) is 14.7. The number of rotatable bonds is 4. The largest absolute Gasteiger partial charge is 0.345 e. The molecule has 1 aromatic heterocycles. The quantitative estimate of drug-likeness (QED) is 0.862. The van der Waals surface area contributed by atoms with Gasteiger partial charge in [-0.1, -0.05) is 24.3 Å². The highest BCUT2D eigenvalue weighted by molar-refractivity contribution is 5.95. The number of nitrogens with zero attached hydrogens (tertiary/aromatic N) is 2. The molecule has 25 heavy (non-hydrogen) atoms. The predicted molar refractivity (Wildman–Crippen MR) is 99.6 cm³/mol. The van der Waals surface area contributed by atoms with Gasteiger partial charge in [0.1, 0.15) is 0 Å². The maximum absolute atomic E-state index is 12.7. The first-order valence-electron chi connectivity index (χ1n) is 8.79. The van der Waals surface area contributed by atoms with Crippen molar-refractivity contribution in [3.63, 3.8) is 0 Å². The van der Waals surface area contributed by atoms with Crippen molar-refractivity contribution in [1.29, 1.82) is 0 Å². The molecule has 0 bridgehead atoms. The van der Waals surface area contributed by atoms with E-state index in [0.717, 1.165) is 28.8 Å². The van der Waals surface area contributed by atoms with Gasteiger partial charge in [-0.2, -0.15) is 0 Å². The number of aromatic nitrogens is 1. The normalized spacial score (nSPS) is 15.3. The molecule has 1 heterocycles. The molecule has 1 amide bonds. The van der Waals surface area contributed by atoms with Gasteiger partial charge in [0.05, 0.1) is 0 Å². The van der Waals surface area contributed by atoms with Gasteiger partial charge in [-0.05, 0) is 48.4 Å². The number of pyridine rings is 1. The summed E-state index contributed by atoms with van der Waals surface area (Å²) in [5, 5.41) is 0. The summed E-state index contributed by atoms with van der Waals surface area (Å²) in [6.45, 7) is 0.801. The predicted octanol–water partition coefficient (Wildman–Crippen LogP) is 3.20. The summed E-state index contributed by atoms with van der Waals surface area (Å²) in [6.07, 6.45) is 9.19. The van der Waals surface area contributed by atoms with Crippen molar-refractivity contribution in [3.05, 3.63) is 63.6 Å². The standard InChI is InChI=1S/C21H22N2O2/c1-22(2)20(24)16-6-3-5-15(11-16)19-13-23(12-14-9-10-14)21(25)18-8-4-7-17(18)19/h3-7,11,13-14H,8-10,12H2,1-2H3. The average molecular weight is 334 g/mol. The summed E-state index contributed by atoms with van der Waals surface area (Å²) >= 11 is 0. The number of benzene rings is 1. The Morgan fingerprint density at radius 1 is 1.28 bits per heavy atom. The van der Waals surface area contributed by atoms with E-state index < -0.39 is 0 Å². The van der Waals surface area contributed by atoms with Gasteiger partial charge in [-0.3, -0.25) is 9.59 Å². The number of carbonyl (C=O) groups excluding carboxylic acids is 1. The third-order valence-corrected chi connectivity index (χ3v) is 5.00. The van der Waals surface area contributed by atoms with Crippen LogP contribution < -0.4 is 5.56 Å². The van der Waals surface area contributed by atoms with Crippen LogP contribution in [-0.4, -0.2) is 29.5 Å². The van der Waals surface area contributed by atoms with Crippen molar-refractivity contribution in [2.75, 3.05) is 14.1 Å². The highest BCUT2D eigenvalue weighted by Gasteiger charge is 2.25. The van der Waals surface area contributed by atoms with E-state index in [1.165, 1.54) is 12.8 Å².